The number of ether oxygens (including phenoxy) is 1. The minimum atomic E-state index is -0.993. The normalized spacial score (nSPS) is 16.0. The number of anilines is 1. The van der Waals surface area contributed by atoms with Gasteiger partial charge in [0, 0.05) is 29.7 Å². The lowest BCUT2D eigenvalue weighted by Crippen LogP contribution is -2.49. The first-order valence-electron chi connectivity index (χ1n) is 9.79. The number of rotatable bonds is 4. The number of hydrazine groups is 1. The molecule has 1 atom stereocenters. The fourth-order valence-corrected chi connectivity index (χ4v) is 3.85. The maximum absolute atomic E-state index is 12.6. The Morgan fingerprint density at radius 1 is 1.31 bits per heavy atom. The van der Waals surface area contributed by atoms with E-state index < -0.39 is 16.9 Å². The number of nitrogens with two attached hydrogens (primary N) is 1. The lowest BCUT2D eigenvalue weighted by molar-refractivity contribution is -0.384. The number of hydrogen-bond donors (Lipinski definition) is 2. The molecule has 2 heterocycles. The number of nitro groups is 1. The van der Waals surface area contributed by atoms with E-state index in [4.69, 9.17) is 22.1 Å². The molecule has 3 aromatic rings. The molecule has 1 unspecified atom stereocenters. The summed E-state index contributed by atoms with van der Waals surface area (Å²) in [4.78, 5) is 35.1. The highest BCUT2D eigenvalue weighted by Gasteiger charge is 2.24. The van der Waals surface area contributed by atoms with E-state index in [0.717, 1.165) is 30.3 Å². The van der Waals surface area contributed by atoms with Crippen molar-refractivity contribution in [3.63, 3.8) is 0 Å². The number of nitro benzene ring substituents is 1. The molecule has 0 bridgehead atoms. The Morgan fingerprint density at radius 3 is 2.81 bits per heavy atom. The standard InChI is InChI=1S/C20H19ClN6O5/c21-18-14-11-23-25(17-6-1-2-9-32-17)15(14)7-8-16(18)26(20(22)29)24-19(28)12-4-3-5-13(10-12)27(30)31/h3-5,7-8,10-11,17H,1-2,6,9H2,(H2,22,29)(H,24,28). The number of benzene rings is 2. The predicted molar refractivity (Wildman–Crippen MR) is 116 cm³/mol. The maximum Gasteiger partial charge on any atom is 0.338 e. The van der Waals surface area contributed by atoms with Gasteiger partial charge in [0.25, 0.3) is 11.6 Å². The summed E-state index contributed by atoms with van der Waals surface area (Å²) in [5.74, 6) is -0.769. The Hall–Kier alpha value is -3.70. The molecule has 1 aromatic heterocycles. The fraction of sp³-hybridized carbons (Fsp3) is 0.250. The Labute approximate surface area is 186 Å². The van der Waals surface area contributed by atoms with Crippen LogP contribution in [0.2, 0.25) is 5.02 Å². The molecule has 3 N–H and O–H groups in total. The highest BCUT2D eigenvalue weighted by atomic mass is 35.5. The van der Waals surface area contributed by atoms with Crippen LogP contribution in [-0.4, -0.2) is 33.2 Å². The molecule has 32 heavy (non-hydrogen) atoms. The first-order chi connectivity index (χ1) is 15.4. The number of hydrogen-bond acceptors (Lipinski definition) is 6. The number of urea groups is 1. The van der Waals surface area contributed by atoms with Gasteiger partial charge in [-0.1, -0.05) is 17.7 Å². The molecule has 12 heteroatoms. The number of carbonyl (C=O) groups is 2. The number of amides is 3. The number of primary amides is 1. The van der Waals surface area contributed by atoms with Crippen LogP contribution in [0.4, 0.5) is 16.2 Å². The van der Waals surface area contributed by atoms with Gasteiger partial charge >= 0.3 is 6.03 Å². The second-order valence-electron chi connectivity index (χ2n) is 7.16. The topological polar surface area (TPSA) is 146 Å². The van der Waals surface area contributed by atoms with Crippen molar-refractivity contribution in [2.45, 2.75) is 25.5 Å². The summed E-state index contributed by atoms with van der Waals surface area (Å²) in [7, 11) is 0. The largest absolute Gasteiger partial charge is 0.356 e. The van der Waals surface area contributed by atoms with Crippen LogP contribution in [0.25, 0.3) is 10.9 Å². The average molecular weight is 459 g/mol. The summed E-state index contributed by atoms with van der Waals surface area (Å²) in [6.45, 7) is 0.650. The number of non-ortho nitro benzene ring substituents is 1. The molecule has 2 aromatic carbocycles. The van der Waals surface area contributed by atoms with Crippen LogP contribution in [0.5, 0.6) is 0 Å². The summed E-state index contributed by atoms with van der Waals surface area (Å²) >= 11 is 6.54. The smallest absolute Gasteiger partial charge is 0.338 e. The number of nitrogens with one attached hydrogen (secondary N) is 1. The van der Waals surface area contributed by atoms with Crippen molar-refractivity contribution in [2.75, 3.05) is 11.6 Å². The number of halogens is 1. The molecule has 4 rings (SSSR count). The zero-order valence-corrected chi connectivity index (χ0v) is 17.5. The highest BCUT2D eigenvalue weighted by molar-refractivity contribution is 6.38. The van der Waals surface area contributed by atoms with E-state index in [1.807, 2.05) is 0 Å². The van der Waals surface area contributed by atoms with Gasteiger partial charge in [0.05, 0.1) is 27.3 Å². The first-order valence-corrected chi connectivity index (χ1v) is 10.2. The molecule has 0 spiro atoms. The molecule has 1 aliphatic rings. The van der Waals surface area contributed by atoms with Gasteiger partial charge in [-0.2, -0.15) is 5.10 Å². The Balaban J connectivity index is 1.65. The molecule has 1 saturated heterocycles. The van der Waals surface area contributed by atoms with E-state index in [2.05, 4.69) is 10.5 Å². The third-order valence-electron chi connectivity index (χ3n) is 5.12. The van der Waals surface area contributed by atoms with Crippen molar-refractivity contribution >= 4 is 45.8 Å². The first kappa shape index (κ1) is 21.5. The molecule has 166 valence electrons. The van der Waals surface area contributed by atoms with Crippen molar-refractivity contribution in [2.24, 2.45) is 5.73 Å². The van der Waals surface area contributed by atoms with E-state index in [1.54, 1.807) is 16.9 Å². The van der Waals surface area contributed by atoms with Gasteiger partial charge in [0.2, 0.25) is 0 Å². The molecule has 11 nitrogen and oxygen atoms in total. The molecule has 3 amide bonds. The monoisotopic (exact) mass is 458 g/mol. The minimum absolute atomic E-state index is 0.0232. The summed E-state index contributed by atoms with van der Waals surface area (Å²) in [6, 6.07) is 7.33. The van der Waals surface area contributed by atoms with Gasteiger partial charge in [-0.3, -0.25) is 20.3 Å². The molecule has 1 aliphatic heterocycles. The Kier molecular flexibility index (Phi) is 5.93. The zero-order chi connectivity index (χ0) is 22.8. The van der Waals surface area contributed by atoms with Gasteiger partial charge in [0.1, 0.15) is 0 Å². The molecular formula is C20H19ClN6O5. The third kappa shape index (κ3) is 4.07. The van der Waals surface area contributed by atoms with Crippen LogP contribution in [0.15, 0.2) is 42.6 Å². The number of aromatic nitrogens is 2. The lowest BCUT2D eigenvalue weighted by atomic mass is 10.1. The summed E-state index contributed by atoms with van der Waals surface area (Å²) < 4.78 is 7.52. The Bertz CT molecular complexity index is 1210. The van der Waals surface area contributed by atoms with Crippen LogP contribution >= 0.6 is 11.6 Å². The molecule has 0 aliphatic carbocycles. The van der Waals surface area contributed by atoms with Crippen LogP contribution in [0.3, 0.4) is 0 Å². The van der Waals surface area contributed by atoms with E-state index in [9.17, 15) is 19.7 Å². The number of fused-ring (bicyclic) bond motifs is 1. The quantitative estimate of drug-likeness (QED) is 0.451. The van der Waals surface area contributed by atoms with Gasteiger partial charge in [-0.05, 0) is 37.5 Å². The van der Waals surface area contributed by atoms with E-state index in [0.29, 0.717) is 17.5 Å². The van der Waals surface area contributed by atoms with Crippen LogP contribution < -0.4 is 16.2 Å². The summed E-state index contributed by atoms with van der Waals surface area (Å²) in [6.07, 6.45) is 4.20. The average Bonchev–Trinajstić information content (AvgIpc) is 3.23. The maximum atomic E-state index is 12.6. The molecule has 0 saturated carbocycles. The van der Waals surface area contributed by atoms with E-state index in [-0.39, 0.29) is 28.2 Å². The van der Waals surface area contributed by atoms with Gasteiger partial charge < -0.3 is 10.5 Å². The lowest BCUT2D eigenvalue weighted by Gasteiger charge is -2.24. The van der Waals surface area contributed by atoms with Crippen molar-refractivity contribution in [3.05, 3.63) is 63.3 Å². The summed E-state index contributed by atoms with van der Waals surface area (Å²) in [5, 5.41) is 16.8. The zero-order valence-electron chi connectivity index (χ0n) is 16.7. The van der Waals surface area contributed by atoms with Crippen LogP contribution in [0, 0.1) is 10.1 Å². The number of carbonyl (C=O) groups excluding carboxylic acids is 2. The highest BCUT2D eigenvalue weighted by Crippen LogP contribution is 2.35. The summed E-state index contributed by atoms with van der Waals surface area (Å²) in [5.41, 5.74) is 8.38. The van der Waals surface area contributed by atoms with Gasteiger partial charge in [0.15, 0.2) is 6.23 Å². The van der Waals surface area contributed by atoms with Crippen LogP contribution in [-0.2, 0) is 4.74 Å². The Morgan fingerprint density at radius 2 is 2.12 bits per heavy atom. The van der Waals surface area contributed by atoms with Crippen molar-refractivity contribution < 1.29 is 19.2 Å². The van der Waals surface area contributed by atoms with Crippen molar-refractivity contribution in [1.82, 2.24) is 15.2 Å². The van der Waals surface area contributed by atoms with E-state index in [1.165, 1.54) is 24.3 Å². The van der Waals surface area contributed by atoms with Crippen LogP contribution in [0.1, 0.15) is 35.8 Å². The molecule has 0 radical (unpaired) electrons. The van der Waals surface area contributed by atoms with E-state index >= 15 is 0 Å². The van der Waals surface area contributed by atoms with Crippen molar-refractivity contribution in [3.8, 4) is 0 Å². The van der Waals surface area contributed by atoms with Crippen molar-refractivity contribution in [1.29, 1.82) is 0 Å². The molecule has 1 fully saturated rings. The number of nitrogens with zero attached hydrogens (tertiary/aromatic N) is 4. The van der Waals surface area contributed by atoms with Gasteiger partial charge in [-0.25, -0.2) is 14.5 Å². The minimum Gasteiger partial charge on any atom is -0.356 e. The second-order valence-corrected chi connectivity index (χ2v) is 7.54. The molecular weight excluding hydrogens is 440 g/mol. The SMILES string of the molecule is NC(=O)N(NC(=O)c1cccc([N+](=O)[O-])c1)c1ccc2c(cnn2C2CCCCO2)c1Cl. The predicted octanol–water partition coefficient (Wildman–Crippen LogP) is 3.53. The second kappa shape index (κ2) is 8.81. The van der Waals surface area contributed by atoms with Gasteiger partial charge in [-0.15, -0.1) is 0 Å². The third-order valence-corrected chi connectivity index (χ3v) is 5.51. The fourth-order valence-electron chi connectivity index (χ4n) is 3.56.